The molecule has 0 fully saturated rings. The summed E-state index contributed by atoms with van der Waals surface area (Å²) in [6.07, 6.45) is -3.18. The molecule has 0 aliphatic rings. The number of guanidine groups is 1. The number of alkyl halides is 3. The largest absolute Gasteiger partial charge is 0.411 e. The second-order valence-corrected chi connectivity index (χ2v) is 6.78. The van der Waals surface area contributed by atoms with Crippen molar-refractivity contribution in [3.05, 3.63) is 35.4 Å². The van der Waals surface area contributed by atoms with E-state index in [0.29, 0.717) is 18.2 Å². The summed E-state index contributed by atoms with van der Waals surface area (Å²) in [7, 11) is 2.11. The van der Waals surface area contributed by atoms with Crippen molar-refractivity contribution in [1.29, 1.82) is 0 Å². The molecule has 1 aromatic rings. The zero-order valence-corrected chi connectivity index (χ0v) is 17.3. The van der Waals surface area contributed by atoms with Gasteiger partial charge in [0.1, 0.15) is 6.61 Å². The Kier molecular flexibility index (Phi) is 10.9. The number of hydrogen-bond donors (Lipinski definition) is 2. The minimum Gasteiger partial charge on any atom is -0.367 e. The van der Waals surface area contributed by atoms with Gasteiger partial charge in [0, 0.05) is 25.7 Å². The molecule has 0 radical (unpaired) electrons. The van der Waals surface area contributed by atoms with E-state index in [1.54, 1.807) is 12.1 Å². The fraction of sp³-hybridized carbons (Fsp3) is 0.650. The van der Waals surface area contributed by atoms with Crippen LogP contribution in [0, 0.1) is 0 Å². The van der Waals surface area contributed by atoms with Crippen molar-refractivity contribution in [2.75, 3.05) is 33.3 Å². The molecule has 0 saturated carbocycles. The van der Waals surface area contributed by atoms with Crippen LogP contribution >= 0.6 is 0 Å². The minimum atomic E-state index is -4.30. The molecule has 1 rings (SSSR count). The van der Waals surface area contributed by atoms with Crippen LogP contribution in [0.15, 0.2) is 29.3 Å². The van der Waals surface area contributed by atoms with Crippen LogP contribution in [0.5, 0.6) is 0 Å². The Morgan fingerprint density at radius 2 is 1.79 bits per heavy atom. The molecule has 0 aliphatic carbocycles. The van der Waals surface area contributed by atoms with Crippen LogP contribution in [0.2, 0.25) is 0 Å². The number of nitrogens with one attached hydrogen (secondary N) is 2. The Hall–Kier alpha value is -1.80. The van der Waals surface area contributed by atoms with Crippen LogP contribution in [-0.4, -0.2) is 56.4 Å². The molecular weight excluding hydrogens is 369 g/mol. The second-order valence-electron chi connectivity index (χ2n) is 6.78. The summed E-state index contributed by atoms with van der Waals surface area (Å²) in [5.41, 5.74) is 1.68. The van der Waals surface area contributed by atoms with Crippen LogP contribution in [0.25, 0.3) is 0 Å². The second kappa shape index (κ2) is 12.6. The fourth-order valence-corrected chi connectivity index (χ4v) is 2.42. The number of likely N-dealkylation sites (N-methyl/N-ethyl adjacent to an activating group) is 1. The van der Waals surface area contributed by atoms with Gasteiger partial charge in [-0.25, -0.2) is 4.99 Å². The van der Waals surface area contributed by atoms with Gasteiger partial charge in [0.25, 0.3) is 0 Å². The first kappa shape index (κ1) is 24.2. The molecule has 1 unspecified atom stereocenters. The van der Waals surface area contributed by atoms with Gasteiger partial charge in [0.15, 0.2) is 5.96 Å². The van der Waals surface area contributed by atoms with Gasteiger partial charge in [-0.3, -0.25) is 0 Å². The standard InChI is InChI=1S/C20H33F3N4O/c1-5-16(3)27(4)12-11-25-19(24-6-2)26-13-17-7-9-18(10-8-17)14-28-15-20(21,22)23/h7-10,16H,5-6,11-15H2,1-4H3,(H2,24,25,26). The Morgan fingerprint density at radius 3 is 2.36 bits per heavy atom. The molecular formula is C20H33F3N4O. The van der Waals surface area contributed by atoms with Crippen LogP contribution < -0.4 is 10.6 Å². The summed E-state index contributed by atoms with van der Waals surface area (Å²) in [6, 6.07) is 7.79. The normalized spacial score (nSPS) is 13.6. The van der Waals surface area contributed by atoms with E-state index < -0.39 is 12.8 Å². The third-order valence-corrected chi connectivity index (χ3v) is 4.42. The summed E-state index contributed by atoms with van der Waals surface area (Å²) in [4.78, 5) is 6.87. The van der Waals surface area contributed by atoms with Crippen molar-refractivity contribution in [1.82, 2.24) is 15.5 Å². The van der Waals surface area contributed by atoms with E-state index in [9.17, 15) is 13.2 Å². The van der Waals surface area contributed by atoms with Crippen LogP contribution in [0.4, 0.5) is 13.2 Å². The van der Waals surface area contributed by atoms with Gasteiger partial charge in [0.2, 0.25) is 0 Å². The van der Waals surface area contributed by atoms with Crippen molar-refractivity contribution >= 4 is 5.96 Å². The summed E-state index contributed by atoms with van der Waals surface area (Å²) in [5, 5.41) is 6.54. The van der Waals surface area contributed by atoms with E-state index in [2.05, 4.69) is 46.2 Å². The van der Waals surface area contributed by atoms with E-state index >= 15 is 0 Å². The predicted molar refractivity (Wildman–Crippen MR) is 107 cm³/mol. The van der Waals surface area contributed by atoms with Gasteiger partial charge in [-0.1, -0.05) is 31.2 Å². The predicted octanol–water partition coefficient (Wildman–Crippen LogP) is 3.55. The summed E-state index contributed by atoms with van der Waals surface area (Å²) >= 11 is 0. The molecule has 0 aromatic heterocycles. The first-order valence-electron chi connectivity index (χ1n) is 9.69. The Labute approximate surface area is 166 Å². The molecule has 28 heavy (non-hydrogen) atoms. The third kappa shape index (κ3) is 10.5. The Bertz CT molecular complexity index is 576. The smallest absolute Gasteiger partial charge is 0.367 e. The molecule has 0 saturated heterocycles. The molecule has 0 aliphatic heterocycles. The lowest BCUT2D eigenvalue weighted by atomic mass is 10.1. The Morgan fingerprint density at radius 1 is 1.14 bits per heavy atom. The molecule has 0 bridgehead atoms. The molecule has 1 aromatic carbocycles. The SMILES string of the molecule is CCNC(=NCc1ccc(COCC(F)(F)F)cc1)NCCN(C)C(C)CC. The summed E-state index contributed by atoms with van der Waals surface area (Å²) in [5.74, 6) is 0.748. The number of aliphatic imine (C=N–C) groups is 1. The van der Waals surface area contributed by atoms with Crippen molar-refractivity contribution in [3.63, 3.8) is 0 Å². The highest BCUT2D eigenvalue weighted by atomic mass is 19.4. The van der Waals surface area contributed by atoms with E-state index in [1.807, 2.05) is 19.1 Å². The molecule has 5 nitrogen and oxygen atoms in total. The average molecular weight is 403 g/mol. The lowest BCUT2D eigenvalue weighted by Crippen LogP contribution is -2.42. The van der Waals surface area contributed by atoms with Gasteiger partial charge >= 0.3 is 6.18 Å². The number of nitrogens with zero attached hydrogens (tertiary/aromatic N) is 2. The monoisotopic (exact) mass is 402 g/mol. The maximum Gasteiger partial charge on any atom is 0.411 e. The van der Waals surface area contributed by atoms with Gasteiger partial charge < -0.3 is 20.3 Å². The molecule has 0 amide bonds. The van der Waals surface area contributed by atoms with E-state index in [-0.39, 0.29) is 6.61 Å². The summed E-state index contributed by atoms with van der Waals surface area (Å²) in [6.45, 7) is 8.07. The average Bonchev–Trinajstić information content (AvgIpc) is 2.65. The number of rotatable bonds is 11. The lowest BCUT2D eigenvalue weighted by molar-refractivity contribution is -0.176. The third-order valence-electron chi connectivity index (χ3n) is 4.42. The topological polar surface area (TPSA) is 48.9 Å². The highest BCUT2D eigenvalue weighted by Gasteiger charge is 2.27. The van der Waals surface area contributed by atoms with Crippen LogP contribution in [0.3, 0.4) is 0 Å². The van der Waals surface area contributed by atoms with Crippen molar-refractivity contribution in [3.8, 4) is 0 Å². The fourth-order valence-electron chi connectivity index (χ4n) is 2.42. The van der Waals surface area contributed by atoms with E-state index in [0.717, 1.165) is 37.6 Å². The highest BCUT2D eigenvalue weighted by Crippen LogP contribution is 2.16. The van der Waals surface area contributed by atoms with Gasteiger partial charge in [-0.2, -0.15) is 13.2 Å². The first-order valence-corrected chi connectivity index (χ1v) is 9.69. The maximum atomic E-state index is 12.1. The van der Waals surface area contributed by atoms with Gasteiger partial charge in [-0.05, 0) is 38.4 Å². The number of benzene rings is 1. The van der Waals surface area contributed by atoms with Crippen molar-refractivity contribution < 1.29 is 17.9 Å². The molecule has 0 spiro atoms. The number of halogens is 3. The Balaban J connectivity index is 2.48. The number of ether oxygens (including phenoxy) is 1. The first-order chi connectivity index (χ1) is 13.2. The summed E-state index contributed by atoms with van der Waals surface area (Å²) < 4.78 is 41.0. The molecule has 8 heteroatoms. The lowest BCUT2D eigenvalue weighted by Gasteiger charge is -2.24. The van der Waals surface area contributed by atoms with Crippen molar-refractivity contribution in [2.45, 2.75) is 52.6 Å². The zero-order chi connectivity index (χ0) is 21.0. The molecule has 160 valence electrons. The minimum absolute atomic E-state index is 0.0586. The van der Waals surface area contributed by atoms with Crippen LogP contribution in [0.1, 0.15) is 38.3 Å². The van der Waals surface area contributed by atoms with Gasteiger partial charge in [0.05, 0.1) is 13.2 Å². The van der Waals surface area contributed by atoms with E-state index in [4.69, 9.17) is 0 Å². The number of hydrogen-bond acceptors (Lipinski definition) is 3. The van der Waals surface area contributed by atoms with Crippen molar-refractivity contribution in [2.24, 2.45) is 4.99 Å². The molecule has 2 N–H and O–H groups in total. The highest BCUT2D eigenvalue weighted by molar-refractivity contribution is 5.79. The zero-order valence-electron chi connectivity index (χ0n) is 17.3. The maximum absolute atomic E-state index is 12.1. The van der Waals surface area contributed by atoms with Gasteiger partial charge in [-0.15, -0.1) is 0 Å². The van der Waals surface area contributed by atoms with E-state index in [1.165, 1.54) is 0 Å². The quantitative estimate of drug-likeness (QED) is 0.439. The molecule has 1 atom stereocenters. The molecule has 0 heterocycles. The van der Waals surface area contributed by atoms with Crippen LogP contribution in [-0.2, 0) is 17.9 Å².